The summed E-state index contributed by atoms with van der Waals surface area (Å²) >= 11 is 4.02. The van der Waals surface area contributed by atoms with E-state index in [2.05, 4.69) is 17.3 Å². The first kappa shape index (κ1) is 15.7. The molecular weight excluding hydrogens is 502 g/mol. The molecule has 0 atom stereocenters. The Hall–Kier alpha value is 3.08. The van der Waals surface area contributed by atoms with Gasteiger partial charge in [0.2, 0.25) is 0 Å². The third-order valence-electron chi connectivity index (χ3n) is 0. The maximum Gasteiger partial charge on any atom is 0 e. The molecule has 0 heterocycles. The maximum atomic E-state index is 2.33. The van der Waals surface area contributed by atoms with Crippen molar-refractivity contribution in [1.82, 2.24) is 0 Å². The van der Waals surface area contributed by atoms with Crippen LogP contribution in [0.1, 0.15) is 0 Å². The van der Waals surface area contributed by atoms with Crippen LogP contribution in [-0.2, 0) is 64.1 Å². The van der Waals surface area contributed by atoms with Crippen LogP contribution in [0, 0.1) is 0 Å². The van der Waals surface area contributed by atoms with Crippen LogP contribution in [0.2, 0.25) is 0 Å². The van der Waals surface area contributed by atoms with E-state index in [0.717, 1.165) is 0 Å². The van der Waals surface area contributed by atoms with Gasteiger partial charge in [0.15, 0.2) is 0 Å². The number of hydrogen-bond donors (Lipinski definition) is 0. The molecule has 4 heteroatoms. The van der Waals surface area contributed by atoms with E-state index in [9.17, 15) is 0 Å². The topological polar surface area (TPSA) is 0 Å². The molecule has 0 aliphatic heterocycles. The van der Waals surface area contributed by atoms with Crippen molar-refractivity contribution >= 4 is 18.8 Å². The monoisotopic (exact) mass is 506 g/mol. The Morgan fingerprint density at radius 3 is 1.25 bits per heavy atom. The van der Waals surface area contributed by atoms with Gasteiger partial charge in [-0.1, -0.05) is 0 Å². The first-order valence-corrected chi connectivity index (χ1v) is 7.40. The molecule has 0 aromatic heterocycles. The number of hydrogen-bond acceptors (Lipinski definition) is 0. The van der Waals surface area contributed by atoms with Crippen molar-refractivity contribution in [2.45, 2.75) is 0 Å². The zero-order valence-corrected chi connectivity index (χ0v) is 13.9. The van der Waals surface area contributed by atoms with Gasteiger partial charge in [-0.15, -0.1) is 0 Å². The minimum absolute atomic E-state index is 0. The van der Waals surface area contributed by atoms with E-state index in [0.29, 0.717) is 0 Å². The van der Waals surface area contributed by atoms with E-state index in [1.807, 2.05) is 0 Å². The molecule has 0 aromatic rings. The molecule has 0 radical (unpaired) electrons. The Bertz CT molecular complexity index is 8.00. The van der Waals surface area contributed by atoms with Gasteiger partial charge in [0.25, 0.3) is 0 Å². The predicted octanol–water partition coefficient (Wildman–Crippen LogP) is -0.656. The first-order chi connectivity index (χ1) is 1.00. The van der Waals surface area contributed by atoms with Crippen LogP contribution in [0.25, 0.3) is 0 Å². The third kappa shape index (κ3) is 8.91. The summed E-state index contributed by atoms with van der Waals surface area (Å²) in [5.74, 6) is 0. The summed E-state index contributed by atoms with van der Waals surface area (Å²) < 4.78 is 0. The van der Waals surface area contributed by atoms with Gasteiger partial charge in [-0.05, 0) is 0 Å². The molecule has 0 saturated heterocycles. The zero-order chi connectivity index (χ0) is 2.00. The fourth-order valence-electron chi connectivity index (χ4n) is 0. The van der Waals surface area contributed by atoms with Crippen molar-refractivity contribution in [3.63, 3.8) is 0 Å². The van der Waals surface area contributed by atoms with E-state index in [-0.39, 0.29) is 46.8 Å². The van der Waals surface area contributed by atoms with Crippen LogP contribution in [0.3, 0.4) is 0 Å². The Kier molecular flexibility index (Phi) is 65.0. The van der Waals surface area contributed by atoms with E-state index in [4.69, 9.17) is 0 Å². The summed E-state index contributed by atoms with van der Waals surface area (Å²) in [5, 5.41) is 0. The summed E-state index contributed by atoms with van der Waals surface area (Å²) in [4.78, 5) is 0. The fourth-order valence-corrected chi connectivity index (χ4v) is 0. The molecule has 0 bridgehead atoms. The fraction of sp³-hybridized carbons (Fsp3) is 0. The standard InChI is InChI=1S/Au.Cd.H2Te.Zn/h;;1H2;/q+1;;;/p-1. The molecule has 0 nitrogen and oxygen atoms in total. The van der Waals surface area contributed by atoms with Gasteiger partial charge in [0, 0.05) is 46.8 Å². The van der Waals surface area contributed by atoms with E-state index >= 15 is 0 Å². The SMILES string of the molecule is [Cd].[TeH][Au].[Zn]. The quantitative estimate of drug-likeness (QED) is 0.386. The summed E-state index contributed by atoms with van der Waals surface area (Å²) in [6, 6.07) is 0. The minimum atomic E-state index is 0. The Morgan fingerprint density at radius 2 is 1.25 bits per heavy atom. The molecule has 0 rings (SSSR count). The molecule has 22 valence electrons. The average molecular weight is 503 g/mol. The second-order valence-electron chi connectivity index (χ2n) is 0. The second-order valence-corrected chi connectivity index (χ2v) is 0. The summed E-state index contributed by atoms with van der Waals surface area (Å²) in [5.41, 5.74) is 0. The van der Waals surface area contributed by atoms with Crippen LogP contribution in [0.4, 0.5) is 0 Å². The van der Waals surface area contributed by atoms with E-state index < -0.39 is 0 Å². The Morgan fingerprint density at radius 1 is 1.25 bits per heavy atom. The first-order valence-electron chi connectivity index (χ1n) is 0.135. The van der Waals surface area contributed by atoms with Crippen LogP contribution >= 0.6 is 0 Å². The maximum absolute atomic E-state index is 2.33. The van der Waals surface area contributed by atoms with Gasteiger partial charge >= 0.3 is 36.1 Å². The van der Waals surface area contributed by atoms with Crippen LogP contribution in [-0.4, -0.2) is 18.8 Å². The van der Waals surface area contributed by atoms with Crippen molar-refractivity contribution in [2.75, 3.05) is 0 Å². The van der Waals surface area contributed by atoms with Crippen molar-refractivity contribution in [1.29, 1.82) is 0 Å². The van der Waals surface area contributed by atoms with Gasteiger partial charge in [-0.3, -0.25) is 0 Å². The molecule has 0 aliphatic carbocycles. The van der Waals surface area contributed by atoms with Gasteiger partial charge in [-0.25, -0.2) is 0 Å². The summed E-state index contributed by atoms with van der Waals surface area (Å²) in [7, 11) is 0. The van der Waals surface area contributed by atoms with Crippen molar-refractivity contribution in [2.24, 2.45) is 0 Å². The van der Waals surface area contributed by atoms with Crippen LogP contribution in [0.15, 0.2) is 0 Å². The second kappa shape index (κ2) is 16.5. The van der Waals surface area contributed by atoms with E-state index in [1.54, 1.807) is 18.8 Å². The van der Waals surface area contributed by atoms with Crippen LogP contribution in [0.5, 0.6) is 0 Å². The largest absolute Gasteiger partial charge is 0 e. The van der Waals surface area contributed by atoms with Crippen molar-refractivity contribution < 1.29 is 64.1 Å². The summed E-state index contributed by atoms with van der Waals surface area (Å²) in [6.45, 7) is 0. The molecule has 0 N–H and O–H groups in total. The van der Waals surface area contributed by atoms with Gasteiger partial charge in [0.1, 0.15) is 0 Å². The molecule has 0 aliphatic rings. The third-order valence-corrected chi connectivity index (χ3v) is 0. The van der Waals surface area contributed by atoms with E-state index in [1.165, 1.54) is 0 Å². The molecule has 0 saturated carbocycles. The van der Waals surface area contributed by atoms with Gasteiger partial charge in [0.05, 0.1) is 0 Å². The average Bonchev–Trinajstić information content (AvgIpc) is 1.00. The molecule has 4 heavy (non-hydrogen) atoms. The molecular formula is HAuCdTeZn. The Labute approximate surface area is 81.1 Å². The Balaban J connectivity index is -0.00000000500. The zero-order valence-electron chi connectivity index (χ0n) is 2.16. The van der Waals surface area contributed by atoms with Crippen molar-refractivity contribution in [3.05, 3.63) is 0 Å². The van der Waals surface area contributed by atoms with Crippen molar-refractivity contribution in [3.8, 4) is 0 Å². The molecule has 0 aromatic carbocycles. The number of rotatable bonds is 0. The summed E-state index contributed by atoms with van der Waals surface area (Å²) in [6.07, 6.45) is 0. The van der Waals surface area contributed by atoms with Crippen LogP contribution < -0.4 is 0 Å². The molecule has 0 unspecified atom stereocenters. The molecule has 0 fully saturated rings. The predicted molar refractivity (Wildman–Crippen MR) is 7.15 cm³/mol. The minimum Gasteiger partial charge on any atom is 0 e. The van der Waals surface area contributed by atoms with Gasteiger partial charge in [-0.2, -0.15) is 0 Å². The normalized spacial score (nSPS) is 1.75. The van der Waals surface area contributed by atoms with Gasteiger partial charge < -0.3 is 0 Å². The smallest absolute Gasteiger partial charge is 0 e. The molecule has 0 amide bonds. The molecule has 0 spiro atoms.